The molecule has 0 aliphatic rings. The third kappa shape index (κ3) is 3.65. The van der Waals surface area contributed by atoms with E-state index in [0.717, 1.165) is 9.87 Å². The lowest BCUT2D eigenvalue weighted by atomic mass is 10.2. The molecule has 19 heavy (non-hydrogen) atoms. The number of aryl methyl sites for hydroxylation is 1. The van der Waals surface area contributed by atoms with E-state index in [0.29, 0.717) is 5.69 Å². The fraction of sp³-hybridized carbons (Fsp3) is 0.308. The van der Waals surface area contributed by atoms with Gasteiger partial charge in [-0.15, -0.1) is 0 Å². The average molecular weight is 282 g/mol. The first kappa shape index (κ1) is 15.4. The van der Waals surface area contributed by atoms with E-state index in [1.807, 2.05) is 0 Å². The minimum atomic E-state index is -3.50. The summed E-state index contributed by atoms with van der Waals surface area (Å²) in [6.07, 6.45) is 3.00. The highest BCUT2D eigenvalue weighted by Gasteiger charge is 2.18. The SMILES string of the molecule is C/C=C\C(=O)Nc1cc(S(=O)(=O)N(C)C)ccc1C. The molecule has 0 aliphatic heterocycles. The van der Waals surface area contributed by atoms with Gasteiger partial charge in [-0.25, -0.2) is 12.7 Å². The molecule has 0 atom stereocenters. The second-order valence-corrected chi connectivity index (χ2v) is 6.41. The smallest absolute Gasteiger partial charge is 0.248 e. The van der Waals surface area contributed by atoms with Crippen LogP contribution in [0.1, 0.15) is 12.5 Å². The molecule has 0 fully saturated rings. The Morgan fingerprint density at radius 1 is 1.32 bits per heavy atom. The molecule has 5 nitrogen and oxygen atoms in total. The fourth-order valence-corrected chi connectivity index (χ4v) is 2.36. The molecule has 0 aliphatic carbocycles. The van der Waals surface area contributed by atoms with Gasteiger partial charge in [0.2, 0.25) is 15.9 Å². The lowest BCUT2D eigenvalue weighted by Crippen LogP contribution is -2.22. The van der Waals surface area contributed by atoms with Crippen molar-refractivity contribution in [1.29, 1.82) is 0 Å². The van der Waals surface area contributed by atoms with Gasteiger partial charge < -0.3 is 5.32 Å². The summed E-state index contributed by atoms with van der Waals surface area (Å²) in [6.45, 7) is 3.54. The first-order valence-electron chi connectivity index (χ1n) is 5.76. The predicted molar refractivity (Wildman–Crippen MR) is 75.5 cm³/mol. The first-order valence-corrected chi connectivity index (χ1v) is 7.20. The molecule has 0 saturated heterocycles. The van der Waals surface area contributed by atoms with Crippen LogP contribution in [0.2, 0.25) is 0 Å². The second kappa shape index (κ2) is 5.99. The Morgan fingerprint density at radius 3 is 2.47 bits per heavy atom. The zero-order valence-corrected chi connectivity index (χ0v) is 12.3. The van der Waals surface area contributed by atoms with Gasteiger partial charge in [0.05, 0.1) is 4.90 Å². The van der Waals surface area contributed by atoms with Crippen LogP contribution in [-0.4, -0.2) is 32.7 Å². The van der Waals surface area contributed by atoms with Gasteiger partial charge in [0.15, 0.2) is 0 Å². The topological polar surface area (TPSA) is 66.5 Å². The van der Waals surface area contributed by atoms with Gasteiger partial charge in [0, 0.05) is 19.8 Å². The van der Waals surface area contributed by atoms with Crippen molar-refractivity contribution in [3.8, 4) is 0 Å². The van der Waals surface area contributed by atoms with Crippen LogP contribution in [0.3, 0.4) is 0 Å². The van der Waals surface area contributed by atoms with E-state index in [4.69, 9.17) is 0 Å². The molecule has 104 valence electrons. The van der Waals surface area contributed by atoms with Gasteiger partial charge in [-0.1, -0.05) is 12.1 Å². The number of carbonyl (C=O) groups is 1. The van der Waals surface area contributed by atoms with Gasteiger partial charge in [-0.3, -0.25) is 4.79 Å². The van der Waals surface area contributed by atoms with E-state index in [-0.39, 0.29) is 10.8 Å². The molecule has 0 saturated carbocycles. The van der Waals surface area contributed by atoms with E-state index < -0.39 is 10.0 Å². The summed E-state index contributed by atoms with van der Waals surface area (Å²) < 4.78 is 25.1. The van der Waals surface area contributed by atoms with Crippen LogP contribution in [0.15, 0.2) is 35.2 Å². The van der Waals surface area contributed by atoms with Crippen LogP contribution < -0.4 is 5.32 Å². The van der Waals surface area contributed by atoms with Gasteiger partial charge in [-0.05, 0) is 37.6 Å². The van der Waals surface area contributed by atoms with Crippen LogP contribution in [0.5, 0.6) is 0 Å². The highest BCUT2D eigenvalue weighted by molar-refractivity contribution is 7.89. The van der Waals surface area contributed by atoms with Crippen molar-refractivity contribution in [2.24, 2.45) is 0 Å². The monoisotopic (exact) mass is 282 g/mol. The highest BCUT2D eigenvalue weighted by Crippen LogP contribution is 2.21. The summed E-state index contributed by atoms with van der Waals surface area (Å²) in [7, 11) is -0.569. The lowest BCUT2D eigenvalue weighted by Gasteiger charge is -2.14. The molecular formula is C13H18N2O3S. The van der Waals surface area contributed by atoms with Crippen LogP contribution in [0, 0.1) is 6.92 Å². The molecule has 0 heterocycles. The summed E-state index contributed by atoms with van der Waals surface area (Å²) in [6, 6.07) is 4.66. The van der Waals surface area contributed by atoms with Crippen molar-refractivity contribution in [2.45, 2.75) is 18.7 Å². The maximum absolute atomic E-state index is 12.0. The molecule has 1 N–H and O–H groups in total. The lowest BCUT2D eigenvalue weighted by molar-refractivity contribution is -0.111. The number of hydrogen-bond donors (Lipinski definition) is 1. The Kier molecular flexibility index (Phi) is 4.85. The fourth-order valence-electron chi connectivity index (χ4n) is 1.43. The average Bonchev–Trinajstić information content (AvgIpc) is 2.31. The van der Waals surface area contributed by atoms with Crippen molar-refractivity contribution in [3.63, 3.8) is 0 Å². The minimum absolute atomic E-state index is 0.152. The van der Waals surface area contributed by atoms with Crippen LogP contribution in [0.25, 0.3) is 0 Å². The van der Waals surface area contributed by atoms with E-state index in [1.165, 1.54) is 32.3 Å². The molecule has 1 aromatic carbocycles. The number of nitrogens with one attached hydrogen (secondary N) is 1. The highest BCUT2D eigenvalue weighted by atomic mass is 32.2. The Balaban J connectivity index is 3.18. The third-order valence-electron chi connectivity index (χ3n) is 2.56. The van der Waals surface area contributed by atoms with Crippen LogP contribution in [0.4, 0.5) is 5.69 Å². The minimum Gasteiger partial charge on any atom is -0.322 e. The van der Waals surface area contributed by atoms with Gasteiger partial charge in [-0.2, -0.15) is 0 Å². The maximum atomic E-state index is 12.0. The number of carbonyl (C=O) groups excluding carboxylic acids is 1. The number of hydrogen-bond acceptors (Lipinski definition) is 3. The maximum Gasteiger partial charge on any atom is 0.248 e. The van der Waals surface area contributed by atoms with Crippen LogP contribution >= 0.6 is 0 Å². The van der Waals surface area contributed by atoms with Crippen molar-refractivity contribution < 1.29 is 13.2 Å². The number of nitrogens with zero attached hydrogens (tertiary/aromatic N) is 1. The normalized spacial score (nSPS) is 12.1. The Hall–Kier alpha value is -1.66. The van der Waals surface area contributed by atoms with E-state index >= 15 is 0 Å². The van der Waals surface area contributed by atoms with E-state index in [1.54, 1.807) is 26.0 Å². The zero-order valence-electron chi connectivity index (χ0n) is 11.5. The number of rotatable bonds is 4. The molecular weight excluding hydrogens is 264 g/mol. The molecule has 0 radical (unpaired) electrons. The van der Waals surface area contributed by atoms with Crippen molar-refractivity contribution in [3.05, 3.63) is 35.9 Å². The predicted octanol–water partition coefficient (Wildman–Crippen LogP) is 1.76. The van der Waals surface area contributed by atoms with Gasteiger partial charge in [0.1, 0.15) is 0 Å². The second-order valence-electron chi connectivity index (χ2n) is 4.25. The number of allylic oxidation sites excluding steroid dienone is 1. The Labute approximate surface area is 114 Å². The first-order chi connectivity index (χ1) is 8.78. The molecule has 6 heteroatoms. The van der Waals surface area contributed by atoms with Gasteiger partial charge in [0.25, 0.3) is 0 Å². The van der Waals surface area contributed by atoms with Crippen molar-refractivity contribution in [2.75, 3.05) is 19.4 Å². The molecule has 1 aromatic rings. The van der Waals surface area contributed by atoms with Crippen molar-refractivity contribution in [1.82, 2.24) is 4.31 Å². The molecule has 1 rings (SSSR count). The third-order valence-corrected chi connectivity index (χ3v) is 4.37. The molecule has 0 spiro atoms. The summed E-state index contributed by atoms with van der Waals surface area (Å²) in [5.74, 6) is -0.287. The number of benzene rings is 1. The van der Waals surface area contributed by atoms with E-state index in [9.17, 15) is 13.2 Å². The zero-order chi connectivity index (χ0) is 14.6. The molecule has 0 unspecified atom stereocenters. The Morgan fingerprint density at radius 2 is 1.95 bits per heavy atom. The number of anilines is 1. The largest absolute Gasteiger partial charge is 0.322 e. The summed E-state index contributed by atoms with van der Waals surface area (Å²) in [5.41, 5.74) is 1.29. The van der Waals surface area contributed by atoms with Crippen LogP contribution in [-0.2, 0) is 14.8 Å². The number of sulfonamides is 1. The quantitative estimate of drug-likeness (QED) is 0.856. The summed E-state index contributed by atoms with van der Waals surface area (Å²) in [4.78, 5) is 11.7. The Bertz CT molecular complexity index is 604. The van der Waals surface area contributed by atoms with Gasteiger partial charge >= 0.3 is 0 Å². The standard InChI is InChI=1S/C13H18N2O3S/c1-5-6-13(16)14-12-9-11(8-7-10(12)2)19(17,18)15(3)4/h5-9H,1-4H3,(H,14,16)/b6-5-. The van der Waals surface area contributed by atoms with E-state index in [2.05, 4.69) is 5.32 Å². The molecule has 0 aromatic heterocycles. The molecule has 1 amide bonds. The summed E-state index contributed by atoms with van der Waals surface area (Å²) >= 11 is 0. The number of amides is 1. The van der Waals surface area contributed by atoms with Crippen molar-refractivity contribution >= 4 is 21.6 Å². The molecule has 0 bridgehead atoms. The summed E-state index contributed by atoms with van der Waals surface area (Å²) in [5, 5.41) is 2.65.